The van der Waals surface area contributed by atoms with Crippen LogP contribution in [0.3, 0.4) is 0 Å². The molecule has 28 heavy (non-hydrogen) atoms. The Labute approximate surface area is 183 Å². The molecule has 3 N–H and O–H groups in total. The number of carbonyl (C=O) groups is 1. The van der Waals surface area contributed by atoms with Crippen molar-refractivity contribution in [2.24, 2.45) is 4.99 Å². The van der Waals surface area contributed by atoms with Crippen molar-refractivity contribution in [3.05, 3.63) is 53.4 Å². The normalized spacial score (nSPS) is 11.1. The standard InChI is InChI=1S/C20H29N5O2.HI/c1-4-21-20(24-14-17-12-18(15(2)3)25-27-17)22-11-10-19(26)23-13-16-8-6-5-7-9-16;/h5-9,12,15H,4,10-11,13-14H2,1-3H3,(H,23,26)(H2,21,22,24);1H. The maximum atomic E-state index is 12.0. The van der Waals surface area contributed by atoms with Crippen molar-refractivity contribution < 1.29 is 9.32 Å². The molecule has 1 aromatic carbocycles. The molecule has 1 amide bonds. The zero-order valence-corrected chi connectivity index (χ0v) is 19.0. The average molecular weight is 499 g/mol. The third-order valence-electron chi connectivity index (χ3n) is 3.88. The highest BCUT2D eigenvalue weighted by Crippen LogP contribution is 2.14. The zero-order valence-electron chi connectivity index (χ0n) is 16.7. The Kier molecular flexibility index (Phi) is 11.2. The summed E-state index contributed by atoms with van der Waals surface area (Å²) < 4.78 is 5.29. The fourth-order valence-electron chi connectivity index (χ4n) is 2.35. The Morgan fingerprint density at radius 1 is 1.18 bits per heavy atom. The van der Waals surface area contributed by atoms with Crippen molar-refractivity contribution >= 4 is 35.8 Å². The minimum absolute atomic E-state index is 0. The molecule has 154 valence electrons. The van der Waals surface area contributed by atoms with Gasteiger partial charge in [-0.1, -0.05) is 49.3 Å². The number of rotatable bonds is 9. The maximum absolute atomic E-state index is 12.0. The third-order valence-corrected chi connectivity index (χ3v) is 3.88. The zero-order chi connectivity index (χ0) is 19.5. The second-order valence-corrected chi connectivity index (χ2v) is 6.51. The number of hydrogen-bond donors (Lipinski definition) is 3. The molecule has 1 heterocycles. The van der Waals surface area contributed by atoms with Crippen LogP contribution in [0.5, 0.6) is 0 Å². The molecule has 8 heteroatoms. The molecule has 0 aliphatic rings. The monoisotopic (exact) mass is 499 g/mol. The summed E-state index contributed by atoms with van der Waals surface area (Å²) in [5, 5.41) is 13.3. The molecular formula is C20H30IN5O2. The van der Waals surface area contributed by atoms with E-state index in [1.165, 1.54) is 0 Å². The van der Waals surface area contributed by atoms with Gasteiger partial charge < -0.3 is 20.5 Å². The van der Waals surface area contributed by atoms with Gasteiger partial charge in [0.2, 0.25) is 5.91 Å². The van der Waals surface area contributed by atoms with E-state index in [0.29, 0.717) is 37.9 Å². The van der Waals surface area contributed by atoms with E-state index in [1.54, 1.807) is 0 Å². The molecule has 0 radical (unpaired) electrons. The summed E-state index contributed by atoms with van der Waals surface area (Å²) >= 11 is 0. The van der Waals surface area contributed by atoms with Crippen LogP contribution in [-0.4, -0.2) is 30.1 Å². The first kappa shape index (κ1) is 23.9. The van der Waals surface area contributed by atoms with Crippen molar-refractivity contribution in [1.29, 1.82) is 0 Å². The van der Waals surface area contributed by atoms with E-state index in [4.69, 9.17) is 4.52 Å². The number of hydrogen-bond acceptors (Lipinski definition) is 4. The second-order valence-electron chi connectivity index (χ2n) is 6.51. The lowest BCUT2D eigenvalue weighted by Gasteiger charge is -2.11. The van der Waals surface area contributed by atoms with Gasteiger partial charge in [0.1, 0.15) is 6.54 Å². The summed E-state index contributed by atoms with van der Waals surface area (Å²) in [5.74, 6) is 1.69. The van der Waals surface area contributed by atoms with Crippen LogP contribution >= 0.6 is 24.0 Å². The van der Waals surface area contributed by atoms with Gasteiger partial charge in [-0.05, 0) is 18.4 Å². The summed E-state index contributed by atoms with van der Waals surface area (Å²) in [6, 6.07) is 11.8. The highest BCUT2D eigenvalue weighted by atomic mass is 127. The number of nitrogens with zero attached hydrogens (tertiary/aromatic N) is 2. The molecular weight excluding hydrogens is 469 g/mol. The minimum Gasteiger partial charge on any atom is -0.359 e. The van der Waals surface area contributed by atoms with Crippen LogP contribution in [0.25, 0.3) is 0 Å². The molecule has 0 aliphatic heterocycles. The molecule has 2 aromatic rings. The topological polar surface area (TPSA) is 91.6 Å². The molecule has 1 aromatic heterocycles. The van der Waals surface area contributed by atoms with Crippen LogP contribution in [0.2, 0.25) is 0 Å². The van der Waals surface area contributed by atoms with Crippen molar-refractivity contribution in [2.45, 2.75) is 46.2 Å². The largest absolute Gasteiger partial charge is 0.359 e. The maximum Gasteiger partial charge on any atom is 0.222 e. The van der Waals surface area contributed by atoms with E-state index < -0.39 is 0 Å². The number of halogens is 1. The number of guanidine groups is 1. The summed E-state index contributed by atoms with van der Waals surface area (Å²) in [5.41, 5.74) is 2.01. The molecule has 0 spiro atoms. The van der Waals surface area contributed by atoms with Gasteiger partial charge in [0.25, 0.3) is 0 Å². The van der Waals surface area contributed by atoms with Gasteiger partial charge in [0.05, 0.1) is 5.69 Å². The van der Waals surface area contributed by atoms with E-state index in [1.807, 2.05) is 43.3 Å². The lowest BCUT2D eigenvalue weighted by atomic mass is 10.1. The highest BCUT2D eigenvalue weighted by molar-refractivity contribution is 14.0. The smallest absolute Gasteiger partial charge is 0.222 e. The number of benzene rings is 1. The molecule has 0 saturated heterocycles. The SMILES string of the molecule is CCNC(=NCc1cc(C(C)C)no1)NCCC(=O)NCc1ccccc1.I. The Balaban J connectivity index is 0.00000392. The van der Waals surface area contributed by atoms with E-state index in [9.17, 15) is 4.79 Å². The van der Waals surface area contributed by atoms with Crippen LogP contribution in [0.1, 0.15) is 50.1 Å². The summed E-state index contributed by atoms with van der Waals surface area (Å²) in [4.78, 5) is 16.4. The Bertz CT molecular complexity index is 731. The molecule has 0 fully saturated rings. The van der Waals surface area contributed by atoms with Crippen molar-refractivity contribution in [3.63, 3.8) is 0 Å². The minimum atomic E-state index is -0.000915. The molecule has 2 rings (SSSR count). The fraction of sp³-hybridized carbons (Fsp3) is 0.450. The van der Waals surface area contributed by atoms with Gasteiger partial charge in [-0.25, -0.2) is 4.99 Å². The van der Waals surface area contributed by atoms with Crippen LogP contribution in [-0.2, 0) is 17.9 Å². The lowest BCUT2D eigenvalue weighted by molar-refractivity contribution is -0.121. The van der Waals surface area contributed by atoms with Crippen LogP contribution in [0.4, 0.5) is 0 Å². The van der Waals surface area contributed by atoms with E-state index in [0.717, 1.165) is 23.6 Å². The summed E-state index contributed by atoms with van der Waals surface area (Å²) in [6.45, 7) is 8.31. The summed E-state index contributed by atoms with van der Waals surface area (Å²) in [7, 11) is 0. The quantitative estimate of drug-likeness (QED) is 0.280. The molecule has 0 bridgehead atoms. The Morgan fingerprint density at radius 3 is 2.57 bits per heavy atom. The van der Waals surface area contributed by atoms with Gasteiger partial charge >= 0.3 is 0 Å². The van der Waals surface area contributed by atoms with Crippen LogP contribution in [0, 0.1) is 0 Å². The Hall–Kier alpha value is -2.10. The average Bonchev–Trinajstić information content (AvgIpc) is 3.15. The number of aromatic nitrogens is 1. The molecule has 0 unspecified atom stereocenters. The van der Waals surface area contributed by atoms with Gasteiger partial charge in [-0.3, -0.25) is 4.79 Å². The number of carbonyl (C=O) groups excluding carboxylic acids is 1. The van der Waals surface area contributed by atoms with Gasteiger partial charge in [-0.15, -0.1) is 24.0 Å². The van der Waals surface area contributed by atoms with Crippen molar-refractivity contribution in [2.75, 3.05) is 13.1 Å². The molecule has 0 atom stereocenters. The molecule has 0 aliphatic carbocycles. The highest BCUT2D eigenvalue weighted by Gasteiger charge is 2.08. The van der Waals surface area contributed by atoms with Crippen LogP contribution in [0.15, 0.2) is 45.9 Å². The van der Waals surface area contributed by atoms with Crippen LogP contribution < -0.4 is 16.0 Å². The molecule has 7 nitrogen and oxygen atoms in total. The second kappa shape index (κ2) is 13.1. The van der Waals surface area contributed by atoms with E-state index in [-0.39, 0.29) is 29.9 Å². The van der Waals surface area contributed by atoms with Gasteiger partial charge in [0.15, 0.2) is 11.7 Å². The fourth-order valence-corrected chi connectivity index (χ4v) is 2.35. The van der Waals surface area contributed by atoms with Crippen molar-refractivity contribution in [1.82, 2.24) is 21.1 Å². The summed E-state index contributed by atoms with van der Waals surface area (Å²) in [6.07, 6.45) is 0.372. The third kappa shape index (κ3) is 8.73. The van der Waals surface area contributed by atoms with Crippen molar-refractivity contribution in [3.8, 4) is 0 Å². The first-order valence-electron chi connectivity index (χ1n) is 9.36. The van der Waals surface area contributed by atoms with Gasteiger partial charge in [0, 0.05) is 32.1 Å². The van der Waals surface area contributed by atoms with Gasteiger partial charge in [-0.2, -0.15) is 0 Å². The number of amides is 1. The molecule has 0 saturated carbocycles. The lowest BCUT2D eigenvalue weighted by Crippen LogP contribution is -2.39. The predicted octanol–water partition coefficient (Wildman–Crippen LogP) is 3.18. The number of nitrogens with one attached hydrogen (secondary N) is 3. The Morgan fingerprint density at radius 2 is 1.93 bits per heavy atom. The van der Waals surface area contributed by atoms with E-state index in [2.05, 4.69) is 39.9 Å². The number of aliphatic imine (C=N–C) groups is 1. The first-order valence-corrected chi connectivity index (χ1v) is 9.36. The first-order chi connectivity index (χ1) is 13.1. The van der Waals surface area contributed by atoms with E-state index >= 15 is 0 Å². The predicted molar refractivity (Wildman–Crippen MR) is 122 cm³/mol.